The van der Waals surface area contributed by atoms with Gasteiger partial charge in [0, 0.05) is 25.7 Å². The molecule has 0 radical (unpaired) electrons. The fraction of sp³-hybridized carbons (Fsp3) is 0.417. The molecule has 1 atom stereocenters. The van der Waals surface area contributed by atoms with Gasteiger partial charge in [0.25, 0.3) is 6.20 Å². The first kappa shape index (κ1) is 12.8. The number of rotatable bonds is 3. The number of allylic oxidation sites excluding steroid dienone is 1. The summed E-state index contributed by atoms with van der Waals surface area (Å²) >= 11 is 5.73. The van der Waals surface area contributed by atoms with Gasteiger partial charge in [-0.05, 0) is 24.5 Å². The van der Waals surface area contributed by atoms with Crippen molar-refractivity contribution in [3.8, 4) is 0 Å². The monoisotopic (exact) mass is 267 g/mol. The molecule has 5 nitrogen and oxygen atoms in total. The fourth-order valence-corrected chi connectivity index (χ4v) is 2.38. The zero-order valence-corrected chi connectivity index (χ0v) is 10.8. The summed E-state index contributed by atoms with van der Waals surface area (Å²) in [4.78, 5) is 16.2. The van der Waals surface area contributed by atoms with Crippen LogP contribution in [0, 0.1) is 16.0 Å². The molecule has 1 aromatic rings. The third-order valence-corrected chi connectivity index (χ3v) is 3.40. The van der Waals surface area contributed by atoms with Crippen molar-refractivity contribution in [1.82, 2.24) is 9.88 Å². The molecule has 0 saturated carbocycles. The van der Waals surface area contributed by atoms with Crippen LogP contribution in [-0.2, 0) is 6.42 Å². The van der Waals surface area contributed by atoms with Gasteiger partial charge in [0.2, 0.25) is 0 Å². The standard InChI is InChI=1S/C12H14ClN3O2/c1-15-5-4-10(11(15)8-16(17)18)6-9-2-3-12(13)14-7-9/h2-3,7-8,10H,4-6H2,1H3/b11-8-. The molecule has 96 valence electrons. The highest BCUT2D eigenvalue weighted by Crippen LogP contribution is 2.29. The smallest absolute Gasteiger partial charge is 0.253 e. The molecule has 1 unspecified atom stereocenters. The zero-order chi connectivity index (χ0) is 13.1. The van der Waals surface area contributed by atoms with E-state index in [-0.39, 0.29) is 10.8 Å². The summed E-state index contributed by atoms with van der Waals surface area (Å²) in [5.74, 6) is 0.184. The molecule has 0 N–H and O–H groups in total. The van der Waals surface area contributed by atoms with E-state index in [2.05, 4.69) is 4.98 Å². The summed E-state index contributed by atoms with van der Waals surface area (Å²) in [6, 6.07) is 3.66. The van der Waals surface area contributed by atoms with Crippen LogP contribution in [0.4, 0.5) is 0 Å². The van der Waals surface area contributed by atoms with Crippen molar-refractivity contribution in [1.29, 1.82) is 0 Å². The van der Waals surface area contributed by atoms with Crippen molar-refractivity contribution in [3.05, 3.63) is 51.1 Å². The van der Waals surface area contributed by atoms with Crippen LogP contribution in [0.15, 0.2) is 30.2 Å². The summed E-state index contributed by atoms with van der Waals surface area (Å²) in [6.45, 7) is 0.853. The van der Waals surface area contributed by atoms with E-state index < -0.39 is 0 Å². The second-order valence-electron chi connectivity index (χ2n) is 4.44. The lowest BCUT2D eigenvalue weighted by atomic mass is 9.97. The Morgan fingerprint density at radius 1 is 1.67 bits per heavy atom. The molecule has 0 spiro atoms. The highest BCUT2D eigenvalue weighted by atomic mass is 35.5. The quantitative estimate of drug-likeness (QED) is 0.479. The van der Waals surface area contributed by atoms with E-state index in [1.807, 2.05) is 18.0 Å². The Morgan fingerprint density at radius 2 is 2.44 bits per heavy atom. The molecule has 0 bridgehead atoms. The Kier molecular flexibility index (Phi) is 3.81. The molecule has 1 aliphatic heterocycles. The Morgan fingerprint density at radius 3 is 3.06 bits per heavy atom. The summed E-state index contributed by atoms with van der Waals surface area (Å²) < 4.78 is 0. The Balaban J connectivity index is 2.13. The van der Waals surface area contributed by atoms with Crippen LogP contribution < -0.4 is 0 Å². The number of likely N-dealkylation sites (tertiary alicyclic amines) is 1. The largest absolute Gasteiger partial charge is 0.373 e. The first-order valence-corrected chi connectivity index (χ1v) is 6.11. The number of hydrogen-bond acceptors (Lipinski definition) is 4. The van der Waals surface area contributed by atoms with Crippen LogP contribution in [0.3, 0.4) is 0 Å². The van der Waals surface area contributed by atoms with Gasteiger partial charge < -0.3 is 4.90 Å². The SMILES string of the molecule is CN1CCC(Cc2ccc(Cl)nc2)/C1=C/[N+](=O)[O-]. The second-order valence-corrected chi connectivity index (χ2v) is 4.83. The molecule has 1 fully saturated rings. The van der Waals surface area contributed by atoms with Gasteiger partial charge in [-0.15, -0.1) is 0 Å². The molecular weight excluding hydrogens is 254 g/mol. The molecule has 1 aliphatic rings. The second kappa shape index (κ2) is 5.35. The molecule has 2 heterocycles. The lowest BCUT2D eigenvalue weighted by molar-refractivity contribution is -0.404. The maximum absolute atomic E-state index is 10.6. The highest BCUT2D eigenvalue weighted by Gasteiger charge is 2.28. The van der Waals surface area contributed by atoms with Gasteiger partial charge >= 0.3 is 0 Å². The van der Waals surface area contributed by atoms with Crippen molar-refractivity contribution >= 4 is 11.6 Å². The topological polar surface area (TPSA) is 59.3 Å². The van der Waals surface area contributed by atoms with Crippen LogP contribution in [-0.4, -0.2) is 28.4 Å². The van der Waals surface area contributed by atoms with Gasteiger partial charge in [0.05, 0.1) is 10.6 Å². The Bertz CT molecular complexity index is 473. The van der Waals surface area contributed by atoms with E-state index in [9.17, 15) is 10.1 Å². The highest BCUT2D eigenvalue weighted by molar-refractivity contribution is 6.29. The average molecular weight is 268 g/mol. The van der Waals surface area contributed by atoms with Crippen molar-refractivity contribution in [2.45, 2.75) is 12.8 Å². The Labute approximate surface area is 110 Å². The van der Waals surface area contributed by atoms with Crippen molar-refractivity contribution in [2.24, 2.45) is 5.92 Å². The van der Waals surface area contributed by atoms with Crippen LogP contribution in [0.25, 0.3) is 0 Å². The number of nitro groups is 1. The van der Waals surface area contributed by atoms with Gasteiger partial charge in [-0.25, -0.2) is 4.98 Å². The summed E-state index contributed by atoms with van der Waals surface area (Å²) in [5, 5.41) is 11.1. The minimum Gasteiger partial charge on any atom is -0.373 e. The minimum atomic E-state index is -0.385. The van der Waals surface area contributed by atoms with Gasteiger partial charge in [-0.2, -0.15) is 0 Å². The first-order valence-electron chi connectivity index (χ1n) is 5.73. The van der Waals surface area contributed by atoms with Crippen LogP contribution in [0.1, 0.15) is 12.0 Å². The zero-order valence-electron chi connectivity index (χ0n) is 10.0. The van der Waals surface area contributed by atoms with Gasteiger partial charge in [-0.1, -0.05) is 17.7 Å². The maximum Gasteiger partial charge on any atom is 0.253 e. The molecule has 18 heavy (non-hydrogen) atoms. The number of halogens is 1. The summed E-state index contributed by atoms with van der Waals surface area (Å²) in [5.41, 5.74) is 1.84. The number of hydrogen-bond donors (Lipinski definition) is 0. The molecule has 2 rings (SSSR count). The normalized spacial score (nSPS) is 21.6. The average Bonchev–Trinajstić information content (AvgIpc) is 2.64. The van der Waals surface area contributed by atoms with Crippen LogP contribution in [0.5, 0.6) is 0 Å². The van der Waals surface area contributed by atoms with E-state index >= 15 is 0 Å². The number of pyridine rings is 1. The third-order valence-electron chi connectivity index (χ3n) is 3.18. The van der Waals surface area contributed by atoms with Crippen LogP contribution in [0.2, 0.25) is 5.15 Å². The van der Waals surface area contributed by atoms with E-state index in [1.54, 1.807) is 12.3 Å². The fourth-order valence-electron chi connectivity index (χ4n) is 2.27. The van der Waals surface area contributed by atoms with E-state index in [1.165, 1.54) is 0 Å². The first-order chi connectivity index (χ1) is 8.56. The molecule has 1 aromatic heterocycles. The van der Waals surface area contributed by atoms with Gasteiger partial charge in [0.1, 0.15) is 5.15 Å². The van der Waals surface area contributed by atoms with Gasteiger partial charge in [0.15, 0.2) is 0 Å². The molecule has 6 heteroatoms. The van der Waals surface area contributed by atoms with Crippen molar-refractivity contribution in [3.63, 3.8) is 0 Å². The Hall–Kier alpha value is -1.62. The van der Waals surface area contributed by atoms with Crippen molar-refractivity contribution in [2.75, 3.05) is 13.6 Å². The van der Waals surface area contributed by atoms with Gasteiger partial charge in [-0.3, -0.25) is 10.1 Å². The van der Waals surface area contributed by atoms with Crippen molar-refractivity contribution < 1.29 is 4.92 Å². The third kappa shape index (κ3) is 2.98. The predicted molar refractivity (Wildman–Crippen MR) is 68.8 cm³/mol. The lowest BCUT2D eigenvalue weighted by Gasteiger charge is -2.14. The van der Waals surface area contributed by atoms with E-state index in [0.717, 1.165) is 36.8 Å². The molecule has 0 amide bonds. The predicted octanol–water partition coefficient (Wildman–Crippen LogP) is 2.35. The molecule has 1 saturated heterocycles. The molecule has 0 aromatic carbocycles. The summed E-state index contributed by atoms with van der Waals surface area (Å²) in [6.07, 6.45) is 4.53. The van der Waals surface area contributed by atoms with Crippen LogP contribution >= 0.6 is 11.6 Å². The summed E-state index contributed by atoms with van der Waals surface area (Å²) in [7, 11) is 1.88. The molecular formula is C12H14ClN3O2. The van der Waals surface area contributed by atoms with E-state index in [0.29, 0.717) is 5.15 Å². The van der Waals surface area contributed by atoms with E-state index in [4.69, 9.17) is 11.6 Å². The minimum absolute atomic E-state index is 0.184. The molecule has 0 aliphatic carbocycles. The number of aromatic nitrogens is 1. The maximum atomic E-state index is 10.6. The number of nitrogens with zero attached hydrogens (tertiary/aromatic N) is 3. The lowest BCUT2D eigenvalue weighted by Crippen LogP contribution is -2.14.